The Labute approximate surface area is 117 Å². The summed E-state index contributed by atoms with van der Waals surface area (Å²) in [4.78, 5) is 6.02. The minimum atomic E-state index is -0.0185. The lowest BCUT2D eigenvalue weighted by Gasteiger charge is -2.20. The molecule has 0 aliphatic rings. The summed E-state index contributed by atoms with van der Waals surface area (Å²) in [5, 5.41) is 11.6. The van der Waals surface area contributed by atoms with Crippen molar-refractivity contribution in [2.24, 2.45) is 10.9 Å². The molecule has 0 radical (unpaired) electrons. The molecule has 0 atom stereocenters. The monoisotopic (exact) mass is 272 g/mol. The van der Waals surface area contributed by atoms with E-state index >= 15 is 0 Å². The second-order valence-electron chi connectivity index (χ2n) is 4.14. The molecule has 20 heavy (non-hydrogen) atoms. The van der Waals surface area contributed by atoms with Gasteiger partial charge in [-0.25, -0.2) is 0 Å². The zero-order chi connectivity index (χ0) is 14.5. The molecule has 0 unspecified atom stereocenters. The smallest absolute Gasteiger partial charge is 0.188 e. The predicted molar refractivity (Wildman–Crippen MR) is 77.8 cm³/mol. The fourth-order valence-electron chi connectivity index (χ4n) is 1.77. The van der Waals surface area contributed by atoms with Crippen LogP contribution in [0, 0.1) is 0 Å². The molecule has 2 rings (SSSR count). The van der Waals surface area contributed by atoms with Crippen molar-refractivity contribution in [3.8, 4) is 5.75 Å². The molecule has 6 nitrogen and oxygen atoms in total. The van der Waals surface area contributed by atoms with Gasteiger partial charge < -0.3 is 20.6 Å². The van der Waals surface area contributed by atoms with Crippen LogP contribution in [-0.4, -0.2) is 30.2 Å². The molecule has 1 aromatic carbocycles. The van der Waals surface area contributed by atoms with Crippen LogP contribution >= 0.6 is 0 Å². The van der Waals surface area contributed by atoms with Crippen molar-refractivity contribution in [1.82, 2.24) is 4.98 Å². The highest BCUT2D eigenvalue weighted by molar-refractivity contribution is 5.96. The maximum Gasteiger partial charge on any atom is 0.188 e. The SMILES string of the molecule is COc1ccc(N(C)c2ccnc(C(N)=NO)c2)cc1. The molecule has 0 fully saturated rings. The predicted octanol–water partition coefficient (Wildman–Crippen LogP) is 1.95. The summed E-state index contributed by atoms with van der Waals surface area (Å²) in [6, 6.07) is 11.3. The van der Waals surface area contributed by atoms with Gasteiger partial charge in [0, 0.05) is 24.6 Å². The Hall–Kier alpha value is -2.76. The summed E-state index contributed by atoms with van der Waals surface area (Å²) in [6.07, 6.45) is 1.61. The lowest BCUT2D eigenvalue weighted by Crippen LogP contribution is -2.16. The summed E-state index contributed by atoms with van der Waals surface area (Å²) in [7, 11) is 3.55. The van der Waals surface area contributed by atoms with Crippen LogP contribution in [0.15, 0.2) is 47.8 Å². The number of ether oxygens (including phenoxy) is 1. The molecule has 1 heterocycles. The molecule has 2 aromatic rings. The summed E-state index contributed by atoms with van der Waals surface area (Å²) >= 11 is 0. The first-order valence-electron chi connectivity index (χ1n) is 5.97. The van der Waals surface area contributed by atoms with Crippen molar-refractivity contribution in [2.45, 2.75) is 0 Å². The Bertz CT molecular complexity index is 611. The van der Waals surface area contributed by atoms with Crippen LogP contribution in [0.25, 0.3) is 0 Å². The van der Waals surface area contributed by atoms with Crippen molar-refractivity contribution in [3.05, 3.63) is 48.3 Å². The number of methoxy groups -OCH3 is 1. The first-order valence-corrected chi connectivity index (χ1v) is 5.97. The second-order valence-corrected chi connectivity index (χ2v) is 4.14. The van der Waals surface area contributed by atoms with Gasteiger partial charge in [0.15, 0.2) is 5.84 Å². The van der Waals surface area contributed by atoms with Crippen LogP contribution < -0.4 is 15.4 Å². The Morgan fingerprint density at radius 1 is 1.25 bits per heavy atom. The molecule has 0 saturated heterocycles. The maximum absolute atomic E-state index is 8.69. The highest BCUT2D eigenvalue weighted by Crippen LogP contribution is 2.25. The Kier molecular flexibility index (Phi) is 4.05. The van der Waals surface area contributed by atoms with E-state index in [1.54, 1.807) is 19.4 Å². The van der Waals surface area contributed by atoms with E-state index in [4.69, 9.17) is 15.7 Å². The van der Waals surface area contributed by atoms with Crippen LogP contribution in [-0.2, 0) is 0 Å². The van der Waals surface area contributed by atoms with Gasteiger partial charge in [-0.3, -0.25) is 4.98 Å². The van der Waals surface area contributed by atoms with Crippen molar-refractivity contribution in [1.29, 1.82) is 0 Å². The van der Waals surface area contributed by atoms with Gasteiger partial charge in [0.2, 0.25) is 0 Å². The summed E-state index contributed by atoms with van der Waals surface area (Å²) < 4.78 is 5.13. The molecule has 3 N–H and O–H groups in total. The number of nitrogens with two attached hydrogens (primary N) is 1. The van der Waals surface area contributed by atoms with Gasteiger partial charge in [-0.05, 0) is 36.4 Å². The first kappa shape index (κ1) is 13.7. The van der Waals surface area contributed by atoms with E-state index in [0.717, 1.165) is 17.1 Å². The topological polar surface area (TPSA) is 84.0 Å². The minimum absolute atomic E-state index is 0.0185. The van der Waals surface area contributed by atoms with Crippen LogP contribution in [0.2, 0.25) is 0 Å². The van der Waals surface area contributed by atoms with Crippen molar-refractivity contribution in [2.75, 3.05) is 19.1 Å². The van der Waals surface area contributed by atoms with Gasteiger partial charge >= 0.3 is 0 Å². The summed E-state index contributed by atoms with van der Waals surface area (Å²) in [6.45, 7) is 0. The fourth-order valence-corrected chi connectivity index (χ4v) is 1.77. The zero-order valence-corrected chi connectivity index (χ0v) is 11.3. The zero-order valence-electron chi connectivity index (χ0n) is 11.3. The van der Waals surface area contributed by atoms with Crippen molar-refractivity contribution in [3.63, 3.8) is 0 Å². The van der Waals surface area contributed by atoms with Gasteiger partial charge in [0.1, 0.15) is 11.4 Å². The number of hydrogen-bond donors (Lipinski definition) is 2. The van der Waals surface area contributed by atoms with Crippen LogP contribution in [0.3, 0.4) is 0 Å². The van der Waals surface area contributed by atoms with Crippen LogP contribution in [0.1, 0.15) is 5.69 Å². The molecule has 0 aliphatic carbocycles. The molecule has 0 aliphatic heterocycles. The van der Waals surface area contributed by atoms with Gasteiger partial charge in [-0.1, -0.05) is 5.16 Å². The van der Waals surface area contributed by atoms with E-state index in [-0.39, 0.29) is 5.84 Å². The number of rotatable bonds is 4. The van der Waals surface area contributed by atoms with E-state index < -0.39 is 0 Å². The van der Waals surface area contributed by atoms with Crippen molar-refractivity contribution < 1.29 is 9.94 Å². The maximum atomic E-state index is 8.69. The molecular weight excluding hydrogens is 256 g/mol. The van der Waals surface area contributed by atoms with E-state index in [1.165, 1.54) is 0 Å². The number of anilines is 2. The third-order valence-corrected chi connectivity index (χ3v) is 2.96. The van der Waals surface area contributed by atoms with E-state index in [1.807, 2.05) is 42.3 Å². The standard InChI is InChI=1S/C14H16N4O2/c1-18(10-3-5-12(20-2)6-4-10)11-7-8-16-13(9-11)14(15)17-19/h3-9,19H,1-2H3,(H2,15,17). The molecule has 0 saturated carbocycles. The number of hydrogen-bond acceptors (Lipinski definition) is 5. The molecule has 0 amide bonds. The van der Waals surface area contributed by atoms with Gasteiger partial charge in [-0.15, -0.1) is 0 Å². The summed E-state index contributed by atoms with van der Waals surface area (Å²) in [5.74, 6) is 0.782. The molecule has 1 aromatic heterocycles. The Balaban J connectivity index is 2.30. The van der Waals surface area contributed by atoms with E-state index in [2.05, 4.69) is 10.1 Å². The van der Waals surface area contributed by atoms with Gasteiger partial charge in [0.05, 0.1) is 7.11 Å². The highest BCUT2D eigenvalue weighted by Gasteiger charge is 2.07. The van der Waals surface area contributed by atoms with Crippen LogP contribution in [0.5, 0.6) is 5.75 Å². The third kappa shape index (κ3) is 2.80. The molecular formula is C14H16N4O2. The number of pyridine rings is 1. The second kappa shape index (κ2) is 5.92. The number of oxime groups is 1. The Morgan fingerprint density at radius 2 is 1.95 bits per heavy atom. The molecule has 6 heteroatoms. The van der Waals surface area contributed by atoms with Gasteiger partial charge in [0.25, 0.3) is 0 Å². The van der Waals surface area contributed by atoms with E-state index in [0.29, 0.717) is 5.69 Å². The molecule has 0 spiro atoms. The number of amidine groups is 1. The number of aromatic nitrogens is 1. The average Bonchev–Trinajstić information content (AvgIpc) is 2.53. The largest absolute Gasteiger partial charge is 0.497 e. The minimum Gasteiger partial charge on any atom is -0.497 e. The average molecular weight is 272 g/mol. The highest BCUT2D eigenvalue weighted by atomic mass is 16.5. The normalized spacial score (nSPS) is 11.2. The summed E-state index contributed by atoms with van der Waals surface area (Å²) in [5.41, 5.74) is 7.83. The fraction of sp³-hybridized carbons (Fsp3) is 0.143. The number of nitrogens with zero attached hydrogens (tertiary/aromatic N) is 3. The van der Waals surface area contributed by atoms with Crippen molar-refractivity contribution >= 4 is 17.2 Å². The first-order chi connectivity index (χ1) is 9.65. The third-order valence-electron chi connectivity index (χ3n) is 2.96. The quantitative estimate of drug-likeness (QED) is 0.384. The number of benzene rings is 1. The Morgan fingerprint density at radius 3 is 2.55 bits per heavy atom. The lowest BCUT2D eigenvalue weighted by molar-refractivity contribution is 0.318. The molecule has 0 bridgehead atoms. The molecule has 104 valence electrons. The van der Waals surface area contributed by atoms with Gasteiger partial charge in [-0.2, -0.15) is 0 Å². The van der Waals surface area contributed by atoms with Crippen LogP contribution in [0.4, 0.5) is 11.4 Å². The van der Waals surface area contributed by atoms with E-state index in [9.17, 15) is 0 Å². The lowest BCUT2D eigenvalue weighted by atomic mass is 10.2.